The largest absolute Gasteiger partial charge is 0.449 e. The van der Waals surface area contributed by atoms with Gasteiger partial charge in [-0.25, -0.2) is 4.79 Å². The van der Waals surface area contributed by atoms with Crippen LogP contribution in [0, 0.1) is 0 Å². The molecule has 1 atom stereocenters. The summed E-state index contributed by atoms with van der Waals surface area (Å²) in [5.74, 6) is -0.831. The van der Waals surface area contributed by atoms with E-state index in [0.29, 0.717) is 24.0 Å². The molecule has 0 aliphatic carbocycles. The molecule has 1 amide bonds. The van der Waals surface area contributed by atoms with Crippen molar-refractivity contribution >= 4 is 22.8 Å². The third-order valence-electron chi connectivity index (χ3n) is 4.52. The lowest BCUT2D eigenvalue weighted by Gasteiger charge is -2.24. The summed E-state index contributed by atoms with van der Waals surface area (Å²) in [6.45, 7) is 2.99. The summed E-state index contributed by atoms with van der Waals surface area (Å²) >= 11 is 0. The van der Waals surface area contributed by atoms with Gasteiger partial charge in [-0.05, 0) is 25.8 Å². The van der Waals surface area contributed by atoms with Gasteiger partial charge in [0.15, 0.2) is 6.10 Å². The average Bonchev–Trinajstić information content (AvgIpc) is 2.89. The highest BCUT2D eigenvalue weighted by atomic mass is 16.5. The summed E-state index contributed by atoms with van der Waals surface area (Å²) in [5.41, 5.74) is 0.362. The molecule has 25 heavy (non-hydrogen) atoms. The maximum absolute atomic E-state index is 12.5. The molecular formula is C19H22N2O4. The Morgan fingerprint density at radius 3 is 2.52 bits per heavy atom. The van der Waals surface area contributed by atoms with E-state index in [1.165, 1.54) is 6.07 Å². The number of hydrogen-bond acceptors (Lipinski definition) is 4. The molecule has 1 saturated heterocycles. The number of aromatic amines is 1. The Bertz CT molecular complexity index is 835. The zero-order chi connectivity index (χ0) is 17.8. The van der Waals surface area contributed by atoms with Crippen LogP contribution < -0.4 is 5.56 Å². The molecule has 2 aromatic rings. The number of para-hydroxylation sites is 1. The van der Waals surface area contributed by atoms with Crippen molar-refractivity contribution in [2.24, 2.45) is 0 Å². The molecule has 0 saturated carbocycles. The van der Waals surface area contributed by atoms with Crippen LogP contribution in [0.5, 0.6) is 0 Å². The second kappa shape index (κ2) is 7.51. The van der Waals surface area contributed by atoms with Gasteiger partial charge < -0.3 is 14.6 Å². The van der Waals surface area contributed by atoms with Gasteiger partial charge in [0.2, 0.25) is 5.56 Å². The predicted octanol–water partition coefficient (Wildman–Crippen LogP) is 2.48. The molecule has 0 bridgehead atoms. The lowest BCUT2D eigenvalue weighted by Crippen LogP contribution is -2.40. The molecule has 1 aromatic carbocycles. The van der Waals surface area contributed by atoms with E-state index in [-0.39, 0.29) is 17.0 Å². The number of carbonyl (C=O) groups is 2. The minimum absolute atomic E-state index is 0.176. The number of pyridine rings is 1. The first-order valence-electron chi connectivity index (χ1n) is 8.68. The van der Waals surface area contributed by atoms with E-state index in [9.17, 15) is 14.4 Å². The summed E-state index contributed by atoms with van der Waals surface area (Å²) in [6.07, 6.45) is 3.33. The number of benzene rings is 1. The fourth-order valence-electron chi connectivity index (χ4n) is 3.20. The van der Waals surface area contributed by atoms with Gasteiger partial charge in [-0.1, -0.05) is 31.0 Å². The molecular weight excluding hydrogens is 320 g/mol. The van der Waals surface area contributed by atoms with Crippen LogP contribution in [-0.2, 0) is 9.53 Å². The number of hydrogen-bond donors (Lipinski definition) is 1. The van der Waals surface area contributed by atoms with Crippen molar-refractivity contribution in [3.63, 3.8) is 0 Å². The fraction of sp³-hybridized carbons (Fsp3) is 0.421. The van der Waals surface area contributed by atoms with Gasteiger partial charge in [-0.3, -0.25) is 9.59 Å². The van der Waals surface area contributed by atoms with Gasteiger partial charge in [-0.2, -0.15) is 0 Å². The molecule has 1 aromatic heterocycles. The summed E-state index contributed by atoms with van der Waals surface area (Å²) < 4.78 is 5.37. The van der Waals surface area contributed by atoms with Crippen LogP contribution in [0.15, 0.2) is 35.1 Å². The van der Waals surface area contributed by atoms with E-state index in [1.807, 2.05) is 0 Å². The summed E-state index contributed by atoms with van der Waals surface area (Å²) in [7, 11) is 0. The number of rotatable bonds is 3. The summed E-state index contributed by atoms with van der Waals surface area (Å²) in [4.78, 5) is 41.3. The maximum atomic E-state index is 12.5. The van der Waals surface area contributed by atoms with Crippen molar-refractivity contribution in [2.75, 3.05) is 13.1 Å². The second-order valence-corrected chi connectivity index (χ2v) is 6.38. The Morgan fingerprint density at radius 2 is 1.80 bits per heavy atom. The zero-order valence-electron chi connectivity index (χ0n) is 14.3. The number of amides is 1. The third-order valence-corrected chi connectivity index (χ3v) is 4.52. The van der Waals surface area contributed by atoms with Crippen LogP contribution >= 0.6 is 0 Å². The normalized spacial score (nSPS) is 16.3. The Labute approximate surface area is 145 Å². The molecule has 2 heterocycles. The molecule has 0 radical (unpaired) electrons. The van der Waals surface area contributed by atoms with Gasteiger partial charge in [0.25, 0.3) is 5.91 Å². The predicted molar refractivity (Wildman–Crippen MR) is 94.5 cm³/mol. The van der Waals surface area contributed by atoms with Crippen molar-refractivity contribution < 1.29 is 14.3 Å². The van der Waals surface area contributed by atoms with Crippen LogP contribution in [0.3, 0.4) is 0 Å². The molecule has 1 unspecified atom stereocenters. The van der Waals surface area contributed by atoms with Crippen LogP contribution in [0.25, 0.3) is 10.9 Å². The van der Waals surface area contributed by atoms with Crippen molar-refractivity contribution in [3.05, 3.63) is 46.2 Å². The molecule has 1 aliphatic heterocycles. The highest BCUT2D eigenvalue weighted by Crippen LogP contribution is 2.17. The number of nitrogens with zero attached hydrogens (tertiary/aromatic N) is 1. The Kier molecular flexibility index (Phi) is 5.16. The number of esters is 1. The minimum Gasteiger partial charge on any atom is -0.449 e. The topological polar surface area (TPSA) is 79.5 Å². The Hall–Kier alpha value is -2.63. The van der Waals surface area contributed by atoms with Gasteiger partial charge in [0.05, 0.1) is 5.56 Å². The molecule has 1 N–H and O–H groups in total. The monoisotopic (exact) mass is 342 g/mol. The van der Waals surface area contributed by atoms with Crippen LogP contribution in [0.1, 0.15) is 43.0 Å². The van der Waals surface area contributed by atoms with Gasteiger partial charge in [0.1, 0.15) is 0 Å². The molecule has 1 fully saturated rings. The van der Waals surface area contributed by atoms with Gasteiger partial charge >= 0.3 is 5.97 Å². The average molecular weight is 342 g/mol. The van der Waals surface area contributed by atoms with E-state index in [4.69, 9.17) is 4.74 Å². The zero-order valence-corrected chi connectivity index (χ0v) is 14.3. The lowest BCUT2D eigenvalue weighted by molar-refractivity contribution is -0.139. The molecule has 132 valence electrons. The van der Waals surface area contributed by atoms with Crippen molar-refractivity contribution in [2.45, 2.75) is 38.7 Å². The van der Waals surface area contributed by atoms with E-state index >= 15 is 0 Å². The first kappa shape index (κ1) is 17.2. The maximum Gasteiger partial charge on any atom is 0.339 e. The Morgan fingerprint density at radius 1 is 1.12 bits per heavy atom. The van der Waals surface area contributed by atoms with Gasteiger partial charge in [-0.15, -0.1) is 0 Å². The first-order valence-corrected chi connectivity index (χ1v) is 8.68. The number of carbonyl (C=O) groups excluding carboxylic acids is 2. The second-order valence-electron chi connectivity index (χ2n) is 6.38. The van der Waals surface area contributed by atoms with Crippen LogP contribution in [0.4, 0.5) is 0 Å². The summed E-state index contributed by atoms with van der Waals surface area (Å²) in [6, 6.07) is 8.23. The van der Waals surface area contributed by atoms with Crippen molar-refractivity contribution in [3.8, 4) is 0 Å². The highest BCUT2D eigenvalue weighted by Gasteiger charge is 2.25. The number of aromatic nitrogens is 1. The fourth-order valence-corrected chi connectivity index (χ4v) is 3.20. The molecule has 0 spiro atoms. The number of likely N-dealkylation sites (tertiary alicyclic amines) is 1. The van der Waals surface area contributed by atoms with Crippen LogP contribution in [-0.4, -0.2) is 41.0 Å². The van der Waals surface area contributed by atoms with Crippen LogP contribution in [0.2, 0.25) is 0 Å². The standard InChI is InChI=1S/C19H22N2O4/c1-13(18(23)21-10-6-2-3-7-11-21)25-19(24)15-12-17(22)20-16-9-5-4-8-14(15)16/h4-5,8-9,12-13H,2-3,6-7,10-11H2,1H3,(H,20,22). The molecule has 3 rings (SSSR count). The Balaban J connectivity index is 1.77. The van der Waals surface area contributed by atoms with E-state index in [1.54, 1.807) is 36.1 Å². The quantitative estimate of drug-likeness (QED) is 0.869. The smallest absolute Gasteiger partial charge is 0.339 e. The highest BCUT2D eigenvalue weighted by molar-refractivity contribution is 6.03. The lowest BCUT2D eigenvalue weighted by atomic mass is 10.1. The number of fused-ring (bicyclic) bond motifs is 1. The SMILES string of the molecule is CC(OC(=O)c1cc(=O)[nH]c2ccccc12)C(=O)N1CCCCCC1. The number of nitrogens with one attached hydrogen (secondary N) is 1. The van der Waals surface area contributed by atoms with E-state index in [2.05, 4.69) is 4.98 Å². The number of ether oxygens (including phenoxy) is 1. The van der Waals surface area contributed by atoms with Crippen molar-refractivity contribution in [1.29, 1.82) is 0 Å². The molecule has 1 aliphatic rings. The molecule has 6 heteroatoms. The molecule has 6 nitrogen and oxygen atoms in total. The minimum atomic E-state index is -0.872. The van der Waals surface area contributed by atoms with Gasteiger partial charge in [0, 0.05) is 30.1 Å². The van der Waals surface area contributed by atoms with E-state index < -0.39 is 12.1 Å². The third kappa shape index (κ3) is 3.90. The number of H-pyrrole nitrogens is 1. The van der Waals surface area contributed by atoms with Crippen molar-refractivity contribution in [1.82, 2.24) is 9.88 Å². The van der Waals surface area contributed by atoms with E-state index in [0.717, 1.165) is 25.7 Å². The first-order chi connectivity index (χ1) is 12.1. The summed E-state index contributed by atoms with van der Waals surface area (Å²) in [5, 5.41) is 0.599.